The molecule has 3 saturated heterocycles. The van der Waals surface area contributed by atoms with E-state index in [0.717, 1.165) is 63.5 Å². The molecular formula is C92H85Cl3F8N22O11S4. The molecule has 0 radical (unpaired) electrons. The van der Waals surface area contributed by atoms with E-state index in [1.165, 1.54) is 50.1 Å². The van der Waals surface area contributed by atoms with Crippen LogP contribution < -0.4 is 27.4 Å². The van der Waals surface area contributed by atoms with Gasteiger partial charge in [-0.25, -0.2) is 104 Å². The number of alkyl halides is 8. The molecule has 33 nitrogen and oxygen atoms in total. The summed E-state index contributed by atoms with van der Waals surface area (Å²) in [6.07, 6.45) is -1.26. The maximum absolute atomic E-state index is 14.2. The second kappa shape index (κ2) is 45.6. The number of fused-ring (bicyclic) bond motifs is 4. The van der Waals surface area contributed by atoms with E-state index in [1.807, 2.05) is 0 Å². The molecule has 14 heterocycles. The second-order valence-electron chi connectivity index (χ2n) is 31.6. The first-order valence-electron chi connectivity index (χ1n) is 42.5. The van der Waals surface area contributed by atoms with Gasteiger partial charge in [-0.1, -0.05) is 121 Å². The summed E-state index contributed by atoms with van der Waals surface area (Å²) in [7, 11) is -13.8. The quantitative estimate of drug-likeness (QED) is 0.0193. The van der Waals surface area contributed by atoms with Crippen LogP contribution >= 0.6 is 34.8 Å². The van der Waals surface area contributed by atoms with Crippen molar-refractivity contribution in [2.24, 2.45) is 4.99 Å². The number of nitrogen functional groups attached to an aromatic ring is 2. The van der Waals surface area contributed by atoms with Crippen molar-refractivity contribution >= 4 is 182 Å². The Labute approximate surface area is 813 Å². The highest BCUT2D eigenvalue weighted by molar-refractivity contribution is 7.91. The summed E-state index contributed by atoms with van der Waals surface area (Å²) in [5.74, 6) is -0.116. The highest BCUT2D eigenvalue weighted by Crippen LogP contribution is 2.44. The van der Waals surface area contributed by atoms with E-state index >= 15 is 0 Å². The van der Waals surface area contributed by atoms with Crippen molar-refractivity contribution in [2.45, 2.75) is 141 Å². The smallest absolute Gasteiger partial charge is 0.295 e. The number of imidazole rings is 3. The van der Waals surface area contributed by atoms with Crippen LogP contribution in [0.25, 0.3) is 48.0 Å². The van der Waals surface area contributed by atoms with Gasteiger partial charge in [0.1, 0.15) is 62.6 Å². The zero-order valence-corrected chi connectivity index (χ0v) is 80.0. The van der Waals surface area contributed by atoms with Gasteiger partial charge in [0.25, 0.3) is 43.2 Å². The van der Waals surface area contributed by atoms with Crippen molar-refractivity contribution in [2.75, 3.05) is 72.3 Å². The van der Waals surface area contributed by atoms with Gasteiger partial charge in [-0.3, -0.25) is 18.7 Å². The van der Waals surface area contributed by atoms with E-state index in [2.05, 4.69) is 85.3 Å². The molecule has 0 spiro atoms. The lowest BCUT2D eigenvalue weighted by Gasteiger charge is -2.25. The number of hydrogen-bond donors (Lipinski definition) is 5. The molecule has 0 saturated carbocycles. The number of para-hydroxylation sites is 4. The minimum Gasteiger partial charge on any atom is -0.398 e. The third-order valence-corrected chi connectivity index (χ3v) is 26.6. The second-order valence-corrected chi connectivity index (χ2v) is 40.7. The first kappa shape index (κ1) is 104. The summed E-state index contributed by atoms with van der Waals surface area (Å²) < 4.78 is 226. The Kier molecular flexibility index (Phi) is 33.8. The number of halogens is 11. The van der Waals surface area contributed by atoms with Crippen molar-refractivity contribution in [1.29, 1.82) is 0 Å². The lowest BCUT2D eigenvalue weighted by atomic mass is 10.1. The number of benzene rings is 4. The molecule has 10 aromatic heterocycles. The van der Waals surface area contributed by atoms with Crippen molar-refractivity contribution in [3.05, 3.63) is 271 Å². The lowest BCUT2D eigenvalue weighted by molar-refractivity contribution is -0.0363. The van der Waals surface area contributed by atoms with Crippen molar-refractivity contribution in [3.8, 4) is 0 Å². The van der Waals surface area contributed by atoms with Gasteiger partial charge >= 0.3 is 0 Å². The van der Waals surface area contributed by atoms with E-state index in [0.29, 0.717) is 102 Å². The number of ether oxygens (including phenoxy) is 3. The fraction of sp³-hybridized carbons (Fsp3) is 0.283. The van der Waals surface area contributed by atoms with E-state index in [9.17, 15) is 68.8 Å². The Morgan fingerprint density at radius 1 is 0.393 bits per heavy atom. The number of nitrogens with two attached hydrogens (primary N) is 2. The van der Waals surface area contributed by atoms with E-state index in [1.54, 1.807) is 140 Å². The SMILES string of the molecule is CS(=O)(=O)c1ccccc1N.CS(=O)(=O)c1ccccc1Nc1cc(Cl)nc2c1nc(C(F)F)n2C1CCCCO1.FC(F)c1nc2c(Cl)cc(Cl)nc2n1C1CCCCO1.[C-]#[N+]c1cccc(Cc2cc(Nc3ccccc3S(C)(=O)=O)c3c(n2)CC(C(F)F)=N3)n1.[C-]#[N+]c1cccc(Cc2cc(Nc3ccccc3S(C)(=O)=O)c3nc(C(F)F)n(C4CCCCO4)c3n2)n1.[C-]#[N+]c1cccc(N)n1. The van der Waals surface area contributed by atoms with E-state index < -0.39 is 95.4 Å². The van der Waals surface area contributed by atoms with Crippen LogP contribution in [0.1, 0.15) is 142 Å². The van der Waals surface area contributed by atoms with Crippen molar-refractivity contribution < 1.29 is 83.0 Å². The average molecular weight is 2060 g/mol. The molecule has 4 aliphatic rings. The molecular weight excluding hydrogens is 1980 g/mol. The van der Waals surface area contributed by atoms with Crippen LogP contribution in [0.5, 0.6) is 0 Å². The van der Waals surface area contributed by atoms with Crippen LogP contribution in [0.3, 0.4) is 0 Å². The molecule has 14 aromatic rings. The fourth-order valence-electron chi connectivity index (χ4n) is 15.2. The number of pyridine rings is 7. The zero-order valence-electron chi connectivity index (χ0n) is 74.4. The number of aliphatic imine (C=N–C) groups is 1. The molecule has 4 aromatic carbocycles. The molecule has 4 aliphatic heterocycles. The summed E-state index contributed by atoms with van der Waals surface area (Å²) in [6, 6.07) is 46.5. The summed E-state index contributed by atoms with van der Waals surface area (Å²) >= 11 is 18.0. The van der Waals surface area contributed by atoms with Gasteiger partial charge in [-0.2, -0.15) is 0 Å². The maximum atomic E-state index is 14.2. The predicted molar refractivity (Wildman–Crippen MR) is 514 cm³/mol. The third kappa shape index (κ3) is 25.9. The first-order chi connectivity index (χ1) is 66.7. The zero-order chi connectivity index (χ0) is 101. The monoisotopic (exact) mass is 2060 g/mol. The largest absolute Gasteiger partial charge is 0.398 e. The number of nitrogens with one attached hydrogen (secondary N) is 3. The highest BCUT2D eigenvalue weighted by atomic mass is 35.5. The molecule has 7 N–H and O–H groups in total. The number of aromatic nitrogens is 13. The van der Waals surface area contributed by atoms with Crippen LogP contribution in [-0.2, 0) is 72.8 Å². The number of nitrogens with zero attached hydrogens (tertiary/aromatic N) is 17. The summed E-state index contributed by atoms with van der Waals surface area (Å²) in [5.41, 5.74) is 16.5. The van der Waals surface area contributed by atoms with Crippen LogP contribution in [0.4, 0.5) is 104 Å². The average Bonchev–Trinajstić information content (AvgIpc) is 1.70. The van der Waals surface area contributed by atoms with Crippen molar-refractivity contribution in [3.63, 3.8) is 0 Å². The number of sulfone groups is 4. The molecule has 730 valence electrons. The molecule has 0 aliphatic carbocycles. The molecule has 3 atom stereocenters. The number of hydrogen-bond acceptors (Lipinski definition) is 27. The fourth-order valence-corrected chi connectivity index (χ4v) is 19.2. The van der Waals surface area contributed by atoms with Crippen molar-refractivity contribution in [1.82, 2.24) is 63.5 Å². The van der Waals surface area contributed by atoms with Crippen LogP contribution in [0.15, 0.2) is 200 Å². The topological polar surface area (TPSA) is 422 Å². The minimum absolute atomic E-state index is 0.0552. The molecule has 140 heavy (non-hydrogen) atoms. The van der Waals surface area contributed by atoms with Crippen LogP contribution in [-0.4, -0.2) is 154 Å². The molecule has 48 heteroatoms. The van der Waals surface area contributed by atoms with Gasteiger partial charge in [0.2, 0.25) is 5.82 Å². The first-order valence-corrected chi connectivity index (χ1v) is 51.2. The van der Waals surface area contributed by atoms with Gasteiger partial charge in [-0.15, -0.1) is 15.0 Å². The molecule has 0 bridgehead atoms. The Morgan fingerprint density at radius 3 is 1.14 bits per heavy atom. The molecule has 18 rings (SSSR count). The number of anilines is 8. The number of rotatable bonds is 21. The summed E-state index contributed by atoms with van der Waals surface area (Å²) in [5, 5.41) is 9.53. The Morgan fingerprint density at radius 2 is 0.757 bits per heavy atom. The van der Waals surface area contributed by atoms with Gasteiger partial charge in [0, 0.05) is 63.4 Å². The Bertz CT molecular complexity index is 7610. The van der Waals surface area contributed by atoms with Gasteiger partial charge < -0.3 is 56.2 Å². The standard InChI is InChI=1S/C26H24F2N6O3S.C22H17F2N5O2S.C19H19ClF2N4O3S.C12H11Cl2F2N3O.C7H9NO2S.C6H5N3/c1-29-21-11-7-8-16(30-21)14-17-15-19(32-18-9-3-4-10-20(18)38(2,35)36)23-25(31-17)34(26(33-23)24(27)28)22-12-5-6-13-37-22;1-25-20-9-5-6-13(27-20)10-14-11-16(21-17(26-14)12-18(29-21)22(23)24)28-15-7-3-4-8-19(15)32(2,30)31;1-30(27,28)13-7-3-2-6-11(13)23-12-10-14(20)24-18-16(12)25-19(17(21)22)26(18)15-8-4-5-9-29-15;13-6-5-7(14)17-11-9(6)18-12(10(15)16)19(11)8-3-1-2-4-20-8;1-11(9,10)7-5-3-2-4-6(7)8;1-8-6-4-2-3-5(7)9-6/h3-4,7-11,15,22,24H,5-6,12-14H2,2H3,(H,31,32);3-9,11,22H,10,12H2,2H3,(H,26,28);2-3,6-7,10,15,17H,4-5,8-9H2,1H3,(H,23,24);5,8,10H,1-4H2;2-5H,8H2,1H3;2-4H,(H2,7,9). The lowest BCUT2D eigenvalue weighted by Crippen LogP contribution is -2.20. The van der Waals surface area contributed by atoms with Gasteiger partial charge in [0.15, 0.2) is 73.8 Å². The molecule has 3 fully saturated rings. The minimum atomic E-state index is -3.59. The Balaban J connectivity index is 0.000000149. The highest BCUT2D eigenvalue weighted by Gasteiger charge is 2.35. The third-order valence-electron chi connectivity index (χ3n) is 21.3. The summed E-state index contributed by atoms with van der Waals surface area (Å²) in [4.78, 5) is 56.2. The normalized spacial score (nSPS) is 15.3. The summed E-state index contributed by atoms with van der Waals surface area (Å²) in [6.45, 7) is 22.3. The van der Waals surface area contributed by atoms with E-state index in [4.69, 9.17) is 80.2 Å². The van der Waals surface area contributed by atoms with E-state index in [-0.39, 0.29) is 134 Å². The van der Waals surface area contributed by atoms with Gasteiger partial charge in [0.05, 0.1) is 100 Å². The molecule has 3 unspecified atom stereocenters. The maximum Gasteiger partial charge on any atom is 0.295 e. The Hall–Kier alpha value is -13.5. The van der Waals surface area contributed by atoms with Crippen LogP contribution in [0, 0.1) is 19.7 Å². The predicted octanol–water partition coefficient (Wildman–Crippen LogP) is 21.5. The van der Waals surface area contributed by atoms with Crippen LogP contribution in [0.2, 0.25) is 15.3 Å². The molecule has 0 amide bonds. The van der Waals surface area contributed by atoms with Gasteiger partial charge in [-0.05, 0) is 155 Å².